The second-order valence-corrected chi connectivity index (χ2v) is 6.56. The summed E-state index contributed by atoms with van der Waals surface area (Å²) in [7, 11) is 0. The van der Waals surface area contributed by atoms with Gasteiger partial charge in [-0.2, -0.15) is 4.98 Å². The molecule has 6 nitrogen and oxygen atoms in total. The fourth-order valence-electron chi connectivity index (χ4n) is 3.16. The number of hydrogen-bond acceptors (Lipinski definition) is 5. The average molecular weight is 358 g/mol. The van der Waals surface area contributed by atoms with Crippen molar-refractivity contribution in [1.29, 1.82) is 0 Å². The van der Waals surface area contributed by atoms with Crippen LogP contribution < -0.4 is 10.2 Å². The predicted octanol–water partition coefficient (Wildman–Crippen LogP) is 2.88. The standard InChI is InChI=1S/C19H23FN4O2/c1-13-12-17(24-10-7-15(8-11-24)18(25)26)23-19(22-13)21-9-6-14-4-2-3-5-16(14)20/h2-5,12,15H,6-11H2,1H3,(H,25,26)(H,21,22,23). The van der Waals surface area contributed by atoms with Gasteiger partial charge in [-0.1, -0.05) is 18.2 Å². The Labute approximate surface area is 152 Å². The van der Waals surface area contributed by atoms with Gasteiger partial charge in [-0.05, 0) is 37.8 Å². The molecule has 1 aliphatic heterocycles. The number of halogens is 1. The van der Waals surface area contributed by atoms with Gasteiger partial charge in [0.25, 0.3) is 0 Å². The molecule has 1 saturated heterocycles. The van der Waals surface area contributed by atoms with Crippen molar-refractivity contribution < 1.29 is 14.3 Å². The van der Waals surface area contributed by atoms with Crippen LogP contribution >= 0.6 is 0 Å². The van der Waals surface area contributed by atoms with Gasteiger partial charge in [0, 0.05) is 31.4 Å². The highest BCUT2D eigenvalue weighted by Gasteiger charge is 2.25. The first-order valence-electron chi connectivity index (χ1n) is 8.83. The zero-order valence-electron chi connectivity index (χ0n) is 14.8. The van der Waals surface area contributed by atoms with Gasteiger partial charge in [-0.25, -0.2) is 9.37 Å². The molecule has 1 aliphatic rings. The van der Waals surface area contributed by atoms with E-state index in [9.17, 15) is 9.18 Å². The molecule has 0 amide bonds. The summed E-state index contributed by atoms with van der Waals surface area (Å²) in [5.74, 6) is 0.111. The van der Waals surface area contributed by atoms with Gasteiger partial charge in [0.2, 0.25) is 5.95 Å². The third kappa shape index (κ3) is 4.47. The van der Waals surface area contributed by atoms with Crippen LogP contribution in [0.5, 0.6) is 0 Å². The maximum Gasteiger partial charge on any atom is 0.306 e. The van der Waals surface area contributed by atoms with E-state index < -0.39 is 5.97 Å². The first kappa shape index (κ1) is 18.1. The fourth-order valence-corrected chi connectivity index (χ4v) is 3.16. The SMILES string of the molecule is Cc1cc(N2CCC(C(=O)O)CC2)nc(NCCc2ccccc2F)n1. The second kappa shape index (κ2) is 8.12. The number of aliphatic carboxylic acids is 1. The molecule has 2 aromatic rings. The summed E-state index contributed by atoms with van der Waals surface area (Å²) in [6, 6.07) is 8.63. The van der Waals surface area contributed by atoms with E-state index in [0.29, 0.717) is 50.4 Å². The van der Waals surface area contributed by atoms with Crippen molar-refractivity contribution in [2.75, 3.05) is 29.9 Å². The minimum absolute atomic E-state index is 0.207. The number of hydrogen-bond donors (Lipinski definition) is 2. The van der Waals surface area contributed by atoms with Crippen LogP contribution in [0.1, 0.15) is 24.1 Å². The van der Waals surface area contributed by atoms with Crippen molar-refractivity contribution in [1.82, 2.24) is 9.97 Å². The van der Waals surface area contributed by atoms with Gasteiger partial charge in [0.15, 0.2) is 0 Å². The largest absolute Gasteiger partial charge is 0.481 e. The van der Waals surface area contributed by atoms with Gasteiger partial charge >= 0.3 is 5.97 Å². The van der Waals surface area contributed by atoms with Crippen molar-refractivity contribution in [3.63, 3.8) is 0 Å². The minimum Gasteiger partial charge on any atom is -0.481 e. The zero-order chi connectivity index (χ0) is 18.5. The summed E-state index contributed by atoms with van der Waals surface area (Å²) in [5.41, 5.74) is 1.49. The van der Waals surface area contributed by atoms with Crippen molar-refractivity contribution in [3.05, 3.63) is 47.4 Å². The second-order valence-electron chi connectivity index (χ2n) is 6.56. The van der Waals surface area contributed by atoms with Gasteiger partial charge in [-0.3, -0.25) is 4.79 Å². The molecule has 0 unspecified atom stereocenters. The van der Waals surface area contributed by atoms with Gasteiger partial charge in [-0.15, -0.1) is 0 Å². The molecule has 0 atom stereocenters. The smallest absolute Gasteiger partial charge is 0.306 e. The number of anilines is 2. The Morgan fingerprint density at radius 1 is 1.31 bits per heavy atom. The summed E-state index contributed by atoms with van der Waals surface area (Å²) < 4.78 is 13.7. The lowest BCUT2D eigenvalue weighted by molar-refractivity contribution is -0.142. The number of carbonyl (C=O) groups is 1. The number of nitrogens with zero attached hydrogens (tertiary/aromatic N) is 3. The van der Waals surface area contributed by atoms with Crippen LogP contribution in [-0.2, 0) is 11.2 Å². The number of piperidine rings is 1. The van der Waals surface area contributed by atoms with Crippen molar-refractivity contribution >= 4 is 17.7 Å². The molecule has 1 fully saturated rings. The molecule has 2 heterocycles. The molecule has 0 bridgehead atoms. The lowest BCUT2D eigenvalue weighted by Crippen LogP contribution is -2.37. The van der Waals surface area contributed by atoms with Crippen LogP contribution in [0.15, 0.2) is 30.3 Å². The summed E-state index contributed by atoms with van der Waals surface area (Å²) in [5, 5.41) is 12.3. The summed E-state index contributed by atoms with van der Waals surface area (Å²) in [6.07, 6.45) is 1.78. The van der Waals surface area contributed by atoms with E-state index in [-0.39, 0.29) is 11.7 Å². The first-order chi connectivity index (χ1) is 12.5. The summed E-state index contributed by atoms with van der Waals surface area (Å²) in [4.78, 5) is 22.1. The lowest BCUT2D eigenvalue weighted by Gasteiger charge is -2.31. The van der Waals surface area contributed by atoms with Gasteiger partial charge in [0.1, 0.15) is 11.6 Å². The quantitative estimate of drug-likeness (QED) is 0.827. The molecule has 138 valence electrons. The van der Waals surface area contributed by atoms with Crippen LogP contribution in [-0.4, -0.2) is 40.7 Å². The Morgan fingerprint density at radius 3 is 2.73 bits per heavy atom. The number of rotatable bonds is 6. The van der Waals surface area contributed by atoms with E-state index >= 15 is 0 Å². The average Bonchev–Trinajstić information content (AvgIpc) is 2.63. The van der Waals surface area contributed by atoms with E-state index in [1.807, 2.05) is 19.1 Å². The van der Waals surface area contributed by atoms with E-state index in [0.717, 1.165) is 11.5 Å². The third-order valence-corrected chi connectivity index (χ3v) is 4.64. The maximum absolute atomic E-state index is 13.7. The number of benzene rings is 1. The Balaban J connectivity index is 1.61. The molecule has 1 aromatic heterocycles. The third-order valence-electron chi connectivity index (χ3n) is 4.64. The van der Waals surface area contributed by atoms with E-state index in [1.54, 1.807) is 12.1 Å². The lowest BCUT2D eigenvalue weighted by atomic mass is 9.97. The Bertz CT molecular complexity index is 776. The van der Waals surface area contributed by atoms with E-state index in [1.165, 1.54) is 6.07 Å². The predicted molar refractivity (Wildman–Crippen MR) is 97.9 cm³/mol. The first-order valence-corrected chi connectivity index (χ1v) is 8.83. The molecule has 0 saturated carbocycles. The van der Waals surface area contributed by atoms with E-state index in [2.05, 4.69) is 20.2 Å². The highest BCUT2D eigenvalue weighted by molar-refractivity contribution is 5.70. The molecule has 0 spiro atoms. The molecular weight excluding hydrogens is 335 g/mol. The number of aromatic nitrogens is 2. The zero-order valence-corrected chi connectivity index (χ0v) is 14.8. The van der Waals surface area contributed by atoms with Crippen LogP contribution in [0, 0.1) is 18.7 Å². The minimum atomic E-state index is -0.723. The normalized spacial score (nSPS) is 15.1. The van der Waals surface area contributed by atoms with Crippen LogP contribution in [0.3, 0.4) is 0 Å². The molecule has 3 rings (SSSR count). The summed E-state index contributed by atoms with van der Waals surface area (Å²) >= 11 is 0. The molecular formula is C19H23FN4O2. The molecule has 0 radical (unpaired) electrons. The monoisotopic (exact) mass is 358 g/mol. The fraction of sp³-hybridized carbons (Fsp3) is 0.421. The van der Waals surface area contributed by atoms with Crippen molar-refractivity contribution in [3.8, 4) is 0 Å². The van der Waals surface area contributed by atoms with Crippen molar-refractivity contribution in [2.45, 2.75) is 26.2 Å². The van der Waals surface area contributed by atoms with Gasteiger partial charge < -0.3 is 15.3 Å². The van der Waals surface area contributed by atoms with E-state index in [4.69, 9.17) is 5.11 Å². The van der Waals surface area contributed by atoms with Crippen LogP contribution in [0.25, 0.3) is 0 Å². The number of nitrogens with one attached hydrogen (secondary N) is 1. The molecule has 26 heavy (non-hydrogen) atoms. The molecule has 0 aliphatic carbocycles. The van der Waals surface area contributed by atoms with Crippen LogP contribution in [0.4, 0.5) is 16.2 Å². The number of carboxylic acids is 1. The number of aryl methyl sites for hydroxylation is 1. The highest BCUT2D eigenvalue weighted by Crippen LogP contribution is 2.23. The topological polar surface area (TPSA) is 78.4 Å². The Hall–Kier alpha value is -2.70. The number of carboxylic acid groups (broad SMARTS) is 1. The van der Waals surface area contributed by atoms with Crippen LogP contribution in [0.2, 0.25) is 0 Å². The maximum atomic E-state index is 13.7. The summed E-state index contributed by atoms with van der Waals surface area (Å²) in [6.45, 7) is 3.77. The Kier molecular flexibility index (Phi) is 5.65. The molecule has 2 N–H and O–H groups in total. The Morgan fingerprint density at radius 2 is 2.04 bits per heavy atom. The van der Waals surface area contributed by atoms with Gasteiger partial charge in [0.05, 0.1) is 5.92 Å². The molecule has 1 aromatic carbocycles. The van der Waals surface area contributed by atoms with Crippen molar-refractivity contribution in [2.24, 2.45) is 5.92 Å². The highest BCUT2D eigenvalue weighted by atomic mass is 19.1. The molecule has 7 heteroatoms.